The van der Waals surface area contributed by atoms with Gasteiger partial charge in [0.1, 0.15) is 5.75 Å². The second kappa shape index (κ2) is 12.3. The molecule has 0 heterocycles. The number of halogens is 1. The molecule has 0 saturated carbocycles. The van der Waals surface area contributed by atoms with Crippen molar-refractivity contribution < 1.29 is 9.53 Å². The van der Waals surface area contributed by atoms with E-state index in [0.717, 1.165) is 24.3 Å². The van der Waals surface area contributed by atoms with Crippen LogP contribution in [0.15, 0.2) is 54.6 Å². The maximum atomic E-state index is 12.5. The van der Waals surface area contributed by atoms with E-state index in [9.17, 15) is 4.79 Å². The highest BCUT2D eigenvalue weighted by molar-refractivity contribution is 5.85. The number of carbonyl (C=O) groups excluding carboxylic acids is 1. The first-order valence-electron chi connectivity index (χ1n) is 9.02. The van der Waals surface area contributed by atoms with E-state index in [0.29, 0.717) is 19.6 Å². The van der Waals surface area contributed by atoms with Crippen LogP contribution in [-0.2, 0) is 11.2 Å². The third kappa shape index (κ3) is 7.59. The third-order valence-corrected chi connectivity index (χ3v) is 4.35. The van der Waals surface area contributed by atoms with E-state index in [1.165, 1.54) is 5.56 Å². The van der Waals surface area contributed by atoms with Crippen LogP contribution in [0.25, 0.3) is 0 Å². The van der Waals surface area contributed by atoms with Crippen molar-refractivity contribution in [1.82, 2.24) is 10.2 Å². The Morgan fingerprint density at radius 2 is 1.78 bits per heavy atom. The first-order chi connectivity index (χ1) is 12.6. The minimum Gasteiger partial charge on any atom is -0.496 e. The van der Waals surface area contributed by atoms with E-state index >= 15 is 0 Å². The van der Waals surface area contributed by atoms with Gasteiger partial charge in [0.15, 0.2) is 0 Å². The fraction of sp³-hybridized carbons (Fsp3) is 0.381. The fourth-order valence-electron chi connectivity index (χ4n) is 2.98. The molecule has 3 N–H and O–H groups in total. The van der Waals surface area contributed by atoms with E-state index in [2.05, 4.69) is 22.3 Å². The zero-order chi connectivity index (χ0) is 18.8. The van der Waals surface area contributed by atoms with Gasteiger partial charge in [-0.2, -0.15) is 0 Å². The lowest BCUT2D eigenvalue weighted by molar-refractivity contribution is -0.122. The van der Waals surface area contributed by atoms with Gasteiger partial charge in [-0.1, -0.05) is 48.5 Å². The summed E-state index contributed by atoms with van der Waals surface area (Å²) >= 11 is 0. The number of para-hydroxylation sites is 1. The summed E-state index contributed by atoms with van der Waals surface area (Å²) in [5, 5.41) is 3.06. The van der Waals surface area contributed by atoms with E-state index in [1.54, 1.807) is 7.11 Å². The Morgan fingerprint density at radius 3 is 2.44 bits per heavy atom. The van der Waals surface area contributed by atoms with Crippen molar-refractivity contribution >= 4 is 18.3 Å². The van der Waals surface area contributed by atoms with Crippen LogP contribution < -0.4 is 15.8 Å². The fourth-order valence-corrected chi connectivity index (χ4v) is 2.98. The van der Waals surface area contributed by atoms with Gasteiger partial charge in [0.25, 0.3) is 0 Å². The zero-order valence-corrected chi connectivity index (χ0v) is 16.9. The minimum atomic E-state index is -0.118. The van der Waals surface area contributed by atoms with Crippen LogP contribution in [0.4, 0.5) is 0 Å². The molecular weight excluding hydrogens is 362 g/mol. The van der Waals surface area contributed by atoms with Gasteiger partial charge < -0.3 is 15.8 Å². The minimum absolute atomic E-state index is 0. The summed E-state index contributed by atoms with van der Waals surface area (Å²) in [5.41, 5.74) is 7.95. The summed E-state index contributed by atoms with van der Waals surface area (Å²) in [4.78, 5) is 14.6. The van der Waals surface area contributed by atoms with E-state index in [4.69, 9.17) is 10.5 Å². The van der Waals surface area contributed by atoms with Gasteiger partial charge in [0.2, 0.25) is 5.91 Å². The Labute approximate surface area is 168 Å². The van der Waals surface area contributed by atoms with Crippen LogP contribution in [0.3, 0.4) is 0 Å². The highest BCUT2D eigenvalue weighted by Gasteiger charge is 2.16. The van der Waals surface area contributed by atoms with Crippen molar-refractivity contribution in [3.8, 4) is 5.75 Å². The molecule has 1 unspecified atom stereocenters. The van der Waals surface area contributed by atoms with Crippen molar-refractivity contribution in [2.45, 2.75) is 19.4 Å². The van der Waals surface area contributed by atoms with Gasteiger partial charge in [0, 0.05) is 25.2 Å². The lowest BCUT2D eigenvalue weighted by atomic mass is 10.1. The maximum absolute atomic E-state index is 12.5. The van der Waals surface area contributed by atoms with E-state index < -0.39 is 0 Å². The van der Waals surface area contributed by atoms with Crippen LogP contribution in [0.1, 0.15) is 24.1 Å². The number of nitrogens with two attached hydrogens (primary N) is 1. The molecule has 0 aliphatic heterocycles. The lowest BCUT2D eigenvalue weighted by Crippen LogP contribution is -2.41. The summed E-state index contributed by atoms with van der Waals surface area (Å²) in [6.07, 6.45) is 0.899. The van der Waals surface area contributed by atoms with Crippen molar-refractivity contribution in [3.05, 3.63) is 65.7 Å². The standard InChI is InChI=1S/C21H29N3O2.ClH/c1-17(19-10-6-7-11-20(19)26-2)23-21(25)16-24(15-13-22)14-12-18-8-4-3-5-9-18;/h3-11,17H,12-16,22H2,1-2H3,(H,23,25);1H. The number of nitrogens with one attached hydrogen (secondary N) is 1. The van der Waals surface area contributed by atoms with Crippen molar-refractivity contribution in [3.63, 3.8) is 0 Å². The highest BCUT2D eigenvalue weighted by Crippen LogP contribution is 2.24. The number of benzene rings is 2. The molecule has 0 aliphatic rings. The number of methoxy groups -OCH3 is 1. The average molecular weight is 392 g/mol. The quantitative estimate of drug-likeness (QED) is 0.653. The second-order valence-electron chi connectivity index (χ2n) is 6.33. The van der Waals surface area contributed by atoms with Gasteiger partial charge in [-0.05, 0) is 25.0 Å². The number of hydrogen-bond donors (Lipinski definition) is 2. The molecule has 2 aromatic rings. The van der Waals surface area contributed by atoms with Crippen LogP contribution in [0.2, 0.25) is 0 Å². The van der Waals surface area contributed by atoms with Crippen molar-refractivity contribution in [2.75, 3.05) is 33.3 Å². The Kier molecular flexibility index (Phi) is 10.5. The summed E-state index contributed by atoms with van der Waals surface area (Å²) in [5.74, 6) is 0.771. The van der Waals surface area contributed by atoms with Gasteiger partial charge >= 0.3 is 0 Å². The molecule has 0 fully saturated rings. The molecule has 1 amide bonds. The SMILES string of the molecule is COc1ccccc1C(C)NC(=O)CN(CCN)CCc1ccccc1.Cl. The Balaban J connectivity index is 0.00000364. The van der Waals surface area contributed by atoms with Gasteiger partial charge in [0.05, 0.1) is 19.7 Å². The molecule has 148 valence electrons. The van der Waals surface area contributed by atoms with Crippen molar-refractivity contribution in [2.24, 2.45) is 5.73 Å². The normalized spacial score (nSPS) is 11.6. The lowest BCUT2D eigenvalue weighted by Gasteiger charge is -2.23. The average Bonchev–Trinajstić information content (AvgIpc) is 2.67. The Hall–Kier alpha value is -2.08. The predicted octanol–water partition coefficient (Wildman–Crippen LogP) is 2.80. The molecule has 0 saturated heterocycles. The molecule has 1 atom stereocenters. The van der Waals surface area contributed by atoms with Crippen LogP contribution in [0.5, 0.6) is 5.75 Å². The monoisotopic (exact) mass is 391 g/mol. The molecule has 0 aliphatic carbocycles. The molecule has 2 rings (SSSR count). The summed E-state index contributed by atoms with van der Waals surface area (Å²) in [6, 6.07) is 17.9. The molecule has 6 heteroatoms. The van der Waals surface area contributed by atoms with Crippen LogP contribution >= 0.6 is 12.4 Å². The summed E-state index contributed by atoms with van der Waals surface area (Å²) < 4.78 is 5.38. The molecule has 0 aromatic heterocycles. The number of nitrogens with zero attached hydrogens (tertiary/aromatic N) is 1. The third-order valence-electron chi connectivity index (χ3n) is 4.35. The molecule has 27 heavy (non-hydrogen) atoms. The number of rotatable bonds is 10. The van der Waals surface area contributed by atoms with E-state index in [-0.39, 0.29) is 24.4 Å². The largest absolute Gasteiger partial charge is 0.496 e. The van der Waals surface area contributed by atoms with Gasteiger partial charge in [-0.25, -0.2) is 0 Å². The van der Waals surface area contributed by atoms with Crippen LogP contribution in [0, 0.1) is 0 Å². The molecule has 5 nitrogen and oxygen atoms in total. The first kappa shape index (κ1) is 23.0. The van der Waals surface area contributed by atoms with Crippen molar-refractivity contribution in [1.29, 1.82) is 0 Å². The molecule has 0 bridgehead atoms. The summed E-state index contributed by atoms with van der Waals surface area (Å²) in [7, 11) is 1.64. The van der Waals surface area contributed by atoms with E-state index in [1.807, 2.05) is 49.4 Å². The number of carbonyl (C=O) groups is 1. The number of ether oxygens (including phenoxy) is 1. The van der Waals surface area contributed by atoms with Gasteiger partial charge in [-0.15, -0.1) is 12.4 Å². The molecule has 0 spiro atoms. The summed E-state index contributed by atoms with van der Waals surface area (Å²) in [6.45, 7) is 4.33. The Morgan fingerprint density at radius 1 is 1.11 bits per heavy atom. The molecular formula is C21H30ClN3O2. The molecule has 2 aromatic carbocycles. The zero-order valence-electron chi connectivity index (χ0n) is 16.1. The second-order valence-corrected chi connectivity index (χ2v) is 6.33. The smallest absolute Gasteiger partial charge is 0.234 e. The first-order valence-corrected chi connectivity index (χ1v) is 9.02. The predicted molar refractivity (Wildman–Crippen MR) is 112 cm³/mol. The Bertz CT molecular complexity index is 682. The topological polar surface area (TPSA) is 67.6 Å². The maximum Gasteiger partial charge on any atom is 0.234 e. The van der Waals surface area contributed by atoms with Crippen LogP contribution in [-0.4, -0.2) is 44.1 Å². The molecule has 0 radical (unpaired) electrons. The number of hydrogen-bond acceptors (Lipinski definition) is 4. The van der Waals surface area contributed by atoms with Gasteiger partial charge in [-0.3, -0.25) is 9.69 Å². The number of amides is 1. The highest BCUT2D eigenvalue weighted by atomic mass is 35.5.